The molecule has 4 rings (SSSR count). The first-order chi connectivity index (χ1) is 15.6. The summed E-state index contributed by atoms with van der Waals surface area (Å²) in [6.07, 6.45) is 8.32. The van der Waals surface area contributed by atoms with E-state index in [1.165, 1.54) is 12.0 Å². The van der Waals surface area contributed by atoms with Crippen LogP contribution in [0.5, 0.6) is 0 Å². The van der Waals surface area contributed by atoms with E-state index >= 15 is 0 Å². The molecule has 1 saturated carbocycles. The zero-order valence-electron chi connectivity index (χ0n) is 18.9. The molecule has 2 aromatic carbocycles. The van der Waals surface area contributed by atoms with Crippen LogP contribution in [0.4, 0.5) is 0 Å². The number of alkyl halides is 1. The third-order valence-electron chi connectivity index (χ3n) is 6.95. The van der Waals surface area contributed by atoms with E-state index in [-0.39, 0.29) is 29.8 Å². The second kappa shape index (κ2) is 10.5. The van der Waals surface area contributed by atoms with E-state index in [1.54, 1.807) is 4.90 Å². The van der Waals surface area contributed by atoms with Gasteiger partial charge in [0.1, 0.15) is 11.9 Å². The highest BCUT2D eigenvalue weighted by atomic mass is 35.5. The minimum absolute atomic E-state index is 0.0951. The number of rotatable bonds is 6. The molecule has 5 heteroatoms. The van der Waals surface area contributed by atoms with Gasteiger partial charge in [0.05, 0.1) is 6.04 Å². The summed E-state index contributed by atoms with van der Waals surface area (Å²) in [6.45, 7) is 2.03. The summed E-state index contributed by atoms with van der Waals surface area (Å²) < 4.78 is 0. The first-order valence-electron chi connectivity index (χ1n) is 11.9. The number of hydrogen-bond acceptors (Lipinski definition) is 2. The zero-order chi connectivity index (χ0) is 22.5. The van der Waals surface area contributed by atoms with Crippen molar-refractivity contribution in [2.75, 3.05) is 5.88 Å². The molecule has 2 aromatic rings. The summed E-state index contributed by atoms with van der Waals surface area (Å²) in [6, 6.07) is 15.6. The SMILES string of the molecule is Cc1ccc([C@H](C(=O)NC2CCCCC2)N(C(=O)CCl)[C@H]2CCCc3ccccc32)cc1. The van der Waals surface area contributed by atoms with Crippen LogP contribution in [0, 0.1) is 6.92 Å². The summed E-state index contributed by atoms with van der Waals surface area (Å²) in [4.78, 5) is 28.9. The van der Waals surface area contributed by atoms with Crippen LogP contribution < -0.4 is 5.32 Å². The Kier molecular flexibility index (Phi) is 7.51. The van der Waals surface area contributed by atoms with Crippen molar-refractivity contribution in [2.24, 2.45) is 0 Å². The number of carbonyl (C=O) groups is 2. The molecular weight excluding hydrogens is 420 g/mol. The molecule has 1 N–H and O–H groups in total. The highest BCUT2D eigenvalue weighted by molar-refractivity contribution is 6.27. The molecule has 0 heterocycles. The Labute approximate surface area is 196 Å². The highest BCUT2D eigenvalue weighted by Crippen LogP contribution is 2.39. The summed E-state index contributed by atoms with van der Waals surface area (Å²) >= 11 is 6.12. The van der Waals surface area contributed by atoms with Gasteiger partial charge in [-0.25, -0.2) is 0 Å². The van der Waals surface area contributed by atoms with E-state index < -0.39 is 6.04 Å². The van der Waals surface area contributed by atoms with Gasteiger partial charge in [-0.2, -0.15) is 0 Å². The molecule has 32 heavy (non-hydrogen) atoms. The summed E-state index contributed by atoms with van der Waals surface area (Å²) in [7, 11) is 0. The molecule has 2 amide bonds. The molecule has 2 atom stereocenters. The fourth-order valence-electron chi connectivity index (χ4n) is 5.30. The number of hydrogen-bond donors (Lipinski definition) is 1. The van der Waals surface area contributed by atoms with Crippen molar-refractivity contribution >= 4 is 23.4 Å². The molecule has 1 fully saturated rings. The van der Waals surface area contributed by atoms with Crippen LogP contribution in [0.25, 0.3) is 0 Å². The molecular formula is C27H33ClN2O2. The normalized spacial score (nSPS) is 19.6. The van der Waals surface area contributed by atoms with E-state index in [2.05, 4.69) is 17.4 Å². The molecule has 0 bridgehead atoms. The number of nitrogens with one attached hydrogen (secondary N) is 1. The third-order valence-corrected chi connectivity index (χ3v) is 7.18. The maximum Gasteiger partial charge on any atom is 0.247 e. The lowest BCUT2D eigenvalue weighted by Gasteiger charge is -2.41. The number of nitrogens with zero attached hydrogens (tertiary/aromatic N) is 1. The standard InChI is InChI=1S/C27H33ClN2O2/c1-19-14-16-21(17-15-19)26(27(32)29-22-10-3-2-4-11-22)30(25(31)18-28)24-13-7-9-20-8-5-6-12-23(20)24/h5-6,8,12,14-17,22,24,26H,2-4,7,9-11,13,18H2,1H3,(H,29,32)/t24-,26+/m0/s1. The minimum Gasteiger partial charge on any atom is -0.351 e. The Bertz CT molecular complexity index is 937. The van der Waals surface area contributed by atoms with E-state index in [0.717, 1.165) is 61.6 Å². The number of amides is 2. The molecule has 0 aromatic heterocycles. The first-order valence-corrected chi connectivity index (χ1v) is 12.4. The molecule has 0 spiro atoms. The van der Waals surface area contributed by atoms with Gasteiger partial charge >= 0.3 is 0 Å². The van der Waals surface area contributed by atoms with Crippen LogP contribution in [0.3, 0.4) is 0 Å². The Hall–Kier alpha value is -2.33. The lowest BCUT2D eigenvalue weighted by Crippen LogP contribution is -2.49. The second-order valence-electron chi connectivity index (χ2n) is 9.20. The molecule has 0 saturated heterocycles. The number of carbonyl (C=O) groups excluding carboxylic acids is 2. The van der Waals surface area contributed by atoms with Crippen molar-refractivity contribution in [3.63, 3.8) is 0 Å². The van der Waals surface area contributed by atoms with Gasteiger partial charge in [-0.05, 0) is 55.7 Å². The van der Waals surface area contributed by atoms with Crippen molar-refractivity contribution in [1.29, 1.82) is 0 Å². The van der Waals surface area contributed by atoms with Gasteiger partial charge in [0, 0.05) is 6.04 Å². The Morgan fingerprint density at radius 3 is 2.44 bits per heavy atom. The molecule has 4 nitrogen and oxygen atoms in total. The maximum atomic E-state index is 13.8. The number of fused-ring (bicyclic) bond motifs is 1. The lowest BCUT2D eigenvalue weighted by atomic mass is 9.85. The largest absolute Gasteiger partial charge is 0.351 e. The molecule has 2 aliphatic carbocycles. The van der Waals surface area contributed by atoms with Gasteiger partial charge in [-0.3, -0.25) is 9.59 Å². The Morgan fingerprint density at radius 2 is 1.72 bits per heavy atom. The van der Waals surface area contributed by atoms with Gasteiger partial charge in [0.2, 0.25) is 11.8 Å². The third kappa shape index (κ3) is 5.01. The predicted molar refractivity (Wildman–Crippen MR) is 129 cm³/mol. The van der Waals surface area contributed by atoms with E-state index in [0.29, 0.717) is 0 Å². The fraction of sp³-hybridized carbons (Fsp3) is 0.481. The topological polar surface area (TPSA) is 49.4 Å². The summed E-state index contributed by atoms with van der Waals surface area (Å²) in [5.74, 6) is -0.433. The highest BCUT2D eigenvalue weighted by Gasteiger charge is 2.39. The molecule has 2 aliphatic rings. The summed E-state index contributed by atoms with van der Waals surface area (Å²) in [5.41, 5.74) is 4.36. The van der Waals surface area contributed by atoms with E-state index in [4.69, 9.17) is 11.6 Å². The first kappa shape index (κ1) is 22.8. The van der Waals surface area contributed by atoms with Crippen LogP contribution in [-0.2, 0) is 16.0 Å². The summed E-state index contributed by atoms with van der Waals surface area (Å²) in [5, 5.41) is 3.28. The van der Waals surface area contributed by atoms with Crippen molar-refractivity contribution in [3.8, 4) is 0 Å². The van der Waals surface area contributed by atoms with Gasteiger partial charge in [0.15, 0.2) is 0 Å². The fourth-order valence-corrected chi connectivity index (χ4v) is 5.44. The smallest absolute Gasteiger partial charge is 0.247 e. The molecule has 170 valence electrons. The lowest BCUT2D eigenvalue weighted by molar-refractivity contribution is -0.142. The second-order valence-corrected chi connectivity index (χ2v) is 9.47. The van der Waals surface area contributed by atoms with Gasteiger partial charge in [-0.15, -0.1) is 11.6 Å². The van der Waals surface area contributed by atoms with E-state index in [1.807, 2.05) is 43.3 Å². The van der Waals surface area contributed by atoms with Crippen molar-refractivity contribution < 1.29 is 9.59 Å². The van der Waals surface area contributed by atoms with Gasteiger partial charge in [-0.1, -0.05) is 73.4 Å². The van der Waals surface area contributed by atoms with Crippen LogP contribution in [0.1, 0.15) is 79.3 Å². The maximum absolute atomic E-state index is 13.8. The average Bonchev–Trinajstić information content (AvgIpc) is 2.83. The average molecular weight is 453 g/mol. The van der Waals surface area contributed by atoms with Crippen molar-refractivity contribution in [2.45, 2.75) is 76.4 Å². The van der Waals surface area contributed by atoms with E-state index in [9.17, 15) is 9.59 Å². The molecule has 0 radical (unpaired) electrons. The van der Waals surface area contributed by atoms with Gasteiger partial charge < -0.3 is 10.2 Å². The van der Waals surface area contributed by atoms with Crippen molar-refractivity contribution in [1.82, 2.24) is 10.2 Å². The van der Waals surface area contributed by atoms with Crippen molar-refractivity contribution in [3.05, 3.63) is 70.8 Å². The van der Waals surface area contributed by atoms with Gasteiger partial charge in [0.25, 0.3) is 0 Å². The monoisotopic (exact) mass is 452 g/mol. The molecule has 0 aliphatic heterocycles. The van der Waals surface area contributed by atoms with Crippen LogP contribution >= 0.6 is 11.6 Å². The minimum atomic E-state index is -0.695. The molecule has 0 unspecified atom stereocenters. The zero-order valence-corrected chi connectivity index (χ0v) is 19.6. The Morgan fingerprint density at radius 1 is 1.00 bits per heavy atom. The Balaban J connectivity index is 1.74. The van der Waals surface area contributed by atoms with Crippen LogP contribution in [0.15, 0.2) is 48.5 Å². The number of halogens is 1. The quantitative estimate of drug-likeness (QED) is 0.577. The predicted octanol–water partition coefficient (Wildman–Crippen LogP) is 5.63. The van der Waals surface area contributed by atoms with Crippen LogP contribution in [0.2, 0.25) is 0 Å². The number of benzene rings is 2. The van der Waals surface area contributed by atoms with Crippen LogP contribution in [-0.4, -0.2) is 28.6 Å². The number of aryl methyl sites for hydroxylation is 2.